The van der Waals surface area contributed by atoms with Crippen LogP contribution in [0.1, 0.15) is 57.1 Å². The zero-order chi connectivity index (χ0) is 15.8. The van der Waals surface area contributed by atoms with E-state index in [0.29, 0.717) is 19.2 Å². The Hall–Kier alpha value is -0.900. The number of aliphatic hydroxyl groups excluding tert-OH is 1. The van der Waals surface area contributed by atoms with Gasteiger partial charge in [-0.2, -0.15) is 0 Å². The number of rotatable bonds is 8. The predicted molar refractivity (Wildman–Crippen MR) is 90.9 cm³/mol. The number of hydrogen-bond donors (Lipinski definition) is 1. The Kier molecular flexibility index (Phi) is 7.37. The number of nitrogens with zero attached hydrogens (tertiary/aromatic N) is 1. The van der Waals surface area contributed by atoms with E-state index in [9.17, 15) is 5.11 Å². The molecule has 0 bridgehead atoms. The van der Waals surface area contributed by atoms with Gasteiger partial charge in [-0.1, -0.05) is 56.5 Å². The van der Waals surface area contributed by atoms with E-state index in [1.807, 2.05) is 18.2 Å². The van der Waals surface area contributed by atoms with Gasteiger partial charge in [0.05, 0.1) is 18.8 Å². The fraction of sp³-hybridized carbons (Fsp3) is 0.684. The summed E-state index contributed by atoms with van der Waals surface area (Å²) in [6, 6.07) is 10.9. The summed E-state index contributed by atoms with van der Waals surface area (Å²) in [5.74, 6) is 0. The fourth-order valence-corrected chi connectivity index (χ4v) is 3.40. The largest absolute Gasteiger partial charge is 0.389 e. The van der Waals surface area contributed by atoms with E-state index in [2.05, 4.69) is 31.0 Å². The minimum Gasteiger partial charge on any atom is -0.389 e. The molecule has 0 radical (unpaired) electrons. The lowest BCUT2D eigenvalue weighted by molar-refractivity contribution is -0.0264. The van der Waals surface area contributed by atoms with Gasteiger partial charge < -0.3 is 14.7 Å². The molecule has 1 fully saturated rings. The van der Waals surface area contributed by atoms with Crippen LogP contribution in [0.15, 0.2) is 30.3 Å². The van der Waals surface area contributed by atoms with Gasteiger partial charge in [0.2, 0.25) is 0 Å². The van der Waals surface area contributed by atoms with Crippen molar-refractivity contribution in [2.24, 2.45) is 0 Å². The Morgan fingerprint density at radius 1 is 1.18 bits per heavy atom. The van der Waals surface area contributed by atoms with Gasteiger partial charge in [-0.25, -0.2) is 0 Å². The molecule has 22 heavy (non-hydrogen) atoms. The lowest BCUT2D eigenvalue weighted by Crippen LogP contribution is -2.40. The minimum atomic E-state index is -0.412. The summed E-state index contributed by atoms with van der Waals surface area (Å²) in [5.41, 5.74) is 1.19. The number of aliphatic hydroxyl groups is 1. The molecule has 3 heteroatoms. The summed E-state index contributed by atoms with van der Waals surface area (Å²) in [6.45, 7) is 3.23. The van der Waals surface area contributed by atoms with Crippen LogP contribution in [-0.4, -0.2) is 42.4 Å². The van der Waals surface area contributed by atoms with Crippen molar-refractivity contribution >= 4 is 0 Å². The second kappa shape index (κ2) is 9.29. The maximum absolute atomic E-state index is 10.3. The van der Waals surface area contributed by atoms with Crippen LogP contribution >= 0.6 is 0 Å². The number of hydrogen-bond acceptors (Lipinski definition) is 3. The molecule has 1 saturated carbocycles. The standard InChI is InChI=1S/C19H31NO2/c1-3-19(16-10-6-4-7-11-16)22-15-18(21)14-20(2)17-12-8-5-9-13-17/h4,6-7,10-11,17-19,21H,3,5,8-9,12-15H2,1-2H3/t18-,19-/m1/s1. The van der Waals surface area contributed by atoms with Gasteiger partial charge in [0, 0.05) is 12.6 Å². The second-order valence-corrected chi connectivity index (χ2v) is 6.53. The van der Waals surface area contributed by atoms with E-state index in [4.69, 9.17) is 4.74 Å². The molecule has 1 aliphatic rings. The first kappa shape index (κ1) is 17.5. The highest BCUT2D eigenvalue weighted by molar-refractivity contribution is 5.17. The lowest BCUT2D eigenvalue weighted by Gasteiger charge is -2.32. The van der Waals surface area contributed by atoms with Gasteiger partial charge in [-0.3, -0.25) is 0 Å². The summed E-state index contributed by atoms with van der Waals surface area (Å²) < 4.78 is 5.95. The van der Waals surface area contributed by atoms with E-state index < -0.39 is 6.10 Å². The van der Waals surface area contributed by atoms with Gasteiger partial charge in [-0.15, -0.1) is 0 Å². The number of likely N-dealkylation sites (N-methyl/N-ethyl adjacent to an activating group) is 1. The maximum Gasteiger partial charge on any atom is 0.0900 e. The normalized spacial score (nSPS) is 19.3. The first-order valence-corrected chi connectivity index (χ1v) is 8.75. The summed E-state index contributed by atoms with van der Waals surface area (Å²) in [7, 11) is 2.13. The third-order valence-electron chi connectivity index (χ3n) is 4.73. The predicted octanol–water partition coefficient (Wildman–Crippen LogP) is 3.78. The number of benzene rings is 1. The van der Waals surface area contributed by atoms with Crippen LogP contribution in [0, 0.1) is 0 Å². The molecule has 0 aliphatic heterocycles. The second-order valence-electron chi connectivity index (χ2n) is 6.53. The van der Waals surface area contributed by atoms with Gasteiger partial charge in [0.15, 0.2) is 0 Å². The fourth-order valence-electron chi connectivity index (χ4n) is 3.40. The molecule has 1 aromatic carbocycles. The van der Waals surface area contributed by atoms with Crippen LogP contribution in [0.5, 0.6) is 0 Å². The Balaban J connectivity index is 1.75. The average Bonchev–Trinajstić information content (AvgIpc) is 2.57. The van der Waals surface area contributed by atoms with E-state index >= 15 is 0 Å². The van der Waals surface area contributed by atoms with Gasteiger partial charge in [0.25, 0.3) is 0 Å². The maximum atomic E-state index is 10.3. The van der Waals surface area contributed by atoms with Crippen molar-refractivity contribution in [3.8, 4) is 0 Å². The first-order valence-electron chi connectivity index (χ1n) is 8.75. The zero-order valence-electron chi connectivity index (χ0n) is 14.1. The third kappa shape index (κ3) is 5.38. The quantitative estimate of drug-likeness (QED) is 0.793. The lowest BCUT2D eigenvalue weighted by atomic mass is 9.94. The first-order chi connectivity index (χ1) is 10.7. The average molecular weight is 305 g/mol. The Morgan fingerprint density at radius 2 is 1.86 bits per heavy atom. The monoisotopic (exact) mass is 305 g/mol. The highest BCUT2D eigenvalue weighted by Gasteiger charge is 2.20. The van der Waals surface area contributed by atoms with Gasteiger partial charge >= 0.3 is 0 Å². The topological polar surface area (TPSA) is 32.7 Å². The highest BCUT2D eigenvalue weighted by atomic mass is 16.5. The molecule has 0 saturated heterocycles. The molecule has 0 aromatic heterocycles. The van der Waals surface area contributed by atoms with E-state index in [1.165, 1.54) is 37.7 Å². The molecule has 1 aliphatic carbocycles. The summed E-state index contributed by atoms with van der Waals surface area (Å²) >= 11 is 0. The molecule has 2 atom stereocenters. The summed E-state index contributed by atoms with van der Waals surface area (Å²) in [5, 5.41) is 10.3. The van der Waals surface area contributed by atoms with Crippen LogP contribution in [-0.2, 0) is 4.74 Å². The number of ether oxygens (including phenoxy) is 1. The smallest absolute Gasteiger partial charge is 0.0900 e. The highest BCUT2D eigenvalue weighted by Crippen LogP contribution is 2.23. The Bertz CT molecular complexity index is 403. The van der Waals surface area contributed by atoms with Crippen molar-refractivity contribution in [2.75, 3.05) is 20.2 Å². The van der Waals surface area contributed by atoms with Crippen molar-refractivity contribution in [1.82, 2.24) is 4.90 Å². The Morgan fingerprint density at radius 3 is 2.50 bits per heavy atom. The van der Waals surface area contributed by atoms with Crippen molar-refractivity contribution < 1.29 is 9.84 Å². The molecule has 124 valence electrons. The molecule has 0 unspecified atom stereocenters. The zero-order valence-corrected chi connectivity index (χ0v) is 14.1. The molecule has 1 aromatic rings. The molecule has 0 amide bonds. The van der Waals surface area contributed by atoms with Crippen molar-refractivity contribution in [2.45, 2.75) is 63.7 Å². The molecular formula is C19H31NO2. The van der Waals surface area contributed by atoms with Crippen LogP contribution in [0.2, 0.25) is 0 Å². The molecule has 3 nitrogen and oxygen atoms in total. The molecule has 0 heterocycles. The SMILES string of the molecule is CC[C@@H](OC[C@H](O)CN(C)C1CCCCC1)c1ccccc1. The third-order valence-corrected chi connectivity index (χ3v) is 4.73. The molecule has 2 rings (SSSR count). The minimum absolute atomic E-state index is 0.0795. The van der Waals surface area contributed by atoms with Crippen LogP contribution in [0.25, 0.3) is 0 Å². The van der Waals surface area contributed by atoms with E-state index in [0.717, 1.165) is 6.42 Å². The molecular weight excluding hydrogens is 274 g/mol. The van der Waals surface area contributed by atoms with E-state index in [-0.39, 0.29) is 6.10 Å². The Labute approximate surface area is 135 Å². The van der Waals surface area contributed by atoms with Gasteiger partial charge in [0.1, 0.15) is 0 Å². The molecule has 0 spiro atoms. The van der Waals surface area contributed by atoms with Gasteiger partial charge in [-0.05, 0) is 31.9 Å². The van der Waals surface area contributed by atoms with Crippen LogP contribution in [0.3, 0.4) is 0 Å². The summed E-state index contributed by atoms with van der Waals surface area (Å²) in [4.78, 5) is 2.32. The summed E-state index contributed by atoms with van der Waals surface area (Å²) in [6.07, 6.45) is 7.15. The van der Waals surface area contributed by atoms with E-state index in [1.54, 1.807) is 0 Å². The van der Waals surface area contributed by atoms with Crippen molar-refractivity contribution in [3.63, 3.8) is 0 Å². The van der Waals surface area contributed by atoms with Crippen LogP contribution in [0.4, 0.5) is 0 Å². The van der Waals surface area contributed by atoms with Crippen LogP contribution < -0.4 is 0 Å². The van der Waals surface area contributed by atoms with Crippen molar-refractivity contribution in [3.05, 3.63) is 35.9 Å². The van der Waals surface area contributed by atoms with Crippen molar-refractivity contribution in [1.29, 1.82) is 0 Å². The molecule has 1 N–H and O–H groups in total.